The van der Waals surface area contributed by atoms with Crippen LogP contribution in [-0.2, 0) is 0 Å². The van der Waals surface area contributed by atoms with Crippen LogP contribution in [0.5, 0.6) is 0 Å². The van der Waals surface area contributed by atoms with Gasteiger partial charge in [0.25, 0.3) is 5.69 Å². The number of nitro groups is 1. The smallest absolute Gasteiger partial charge is 0.302 e. The molecular formula is C15H10N4O3S. The molecule has 0 fully saturated rings. The van der Waals surface area contributed by atoms with Crippen LogP contribution in [0.2, 0.25) is 0 Å². The Balaban J connectivity index is 1.69. The number of non-ortho nitro benzene ring substituents is 1. The van der Waals surface area contributed by atoms with Gasteiger partial charge in [-0.15, -0.1) is 0 Å². The lowest BCUT2D eigenvalue weighted by Crippen LogP contribution is -1.88. The number of benzene rings is 2. The van der Waals surface area contributed by atoms with Gasteiger partial charge >= 0.3 is 6.01 Å². The van der Waals surface area contributed by atoms with Crippen molar-refractivity contribution in [2.24, 2.45) is 0 Å². The molecule has 0 saturated carbocycles. The van der Waals surface area contributed by atoms with Crippen LogP contribution in [0, 0.1) is 17.0 Å². The Morgan fingerprint density at radius 2 is 2.04 bits per heavy atom. The molecule has 0 radical (unpaired) electrons. The lowest BCUT2D eigenvalue weighted by atomic mass is 10.2. The van der Waals surface area contributed by atoms with Crippen LogP contribution in [0.15, 0.2) is 40.8 Å². The highest BCUT2D eigenvalue weighted by Crippen LogP contribution is 2.31. The first-order valence-electron chi connectivity index (χ1n) is 6.78. The van der Waals surface area contributed by atoms with E-state index in [9.17, 15) is 10.1 Å². The van der Waals surface area contributed by atoms with E-state index in [1.165, 1.54) is 23.5 Å². The van der Waals surface area contributed by atoms with E-state index >= 15 is 0 Å². The van der Waals surface area contributed by atoms with E-state index in [0.717, 1.165) is 15.8 Å². The molecule has 0 atom stereocenters. The Labute approximate surface area is 133 Å². The molecule has 4 aromatic rings. The summed E-state index contributed by atoms with van der Waals surface area (Å²) < 4.78 is 6.35. The summed E-state index contributed by atoms with van der Waals surface area (Å²) in [6, 6.07) is 10.7. The highest BCUT2D eigenvalue weighted by molar-refractivity contribution is 7.22. The van der Waals surface area contributed by atoms with Crippen molar-refractivity contribution in [3.63, 3.8) is 0 Å². The van der Waals surface area contributed by atoms with Crippen molar-refractivity contribution >= 4 is 49.5 Å². The average molecular weight is 326 g/mol. The molecule has 0 unspecified atom stereocenters. The van der Waals surface area contributed by atoms with Crippen molar-refractivity contribution in [3.05, 3.63) is 52.1 Å². The maximum Gasteiger partial charge on any atom is 0.302 e. The van der Waals surface area contributed by atoms with E-state index in [0.29, 0.717) is 22.2 Å². The number of nitro benzene ring substituents is 1. The van der Waals surface area contributed by atoms with E-state index in [-0.39, 0.29) is 5.69 Å². The van der Waals surface area contributed by atoms with E-state index in [1.54, 1.807) is 6.07 Å². The molecule has 2 aromatic heterocycles. The number of nitrogens with zero attached hydrogens (tertiary/aromatic N) is 3. The summed E-state index contributed by atoms with van der Waals surface area (Å²) in [4.78, 5) is 19.1. The third-order valence-electron chi connectivity index (χ3n) is 3.34. The molecule has 0 spiro atoms. The molecule has 1 N–H and O–H groups in total. The third kappa shape index (κ3) is 2.49. The fourth-order valence-corrected chi connectivity index (χ4v) is 3.15. The second-order valence-corrected chi connectivity index (χ2v) is 6.07. The van der Waals surface area contributed by atoms with Gasteiger partial charge in [0.05, 0.1) is 15.1 Å². The average Bonchev–Trinajstić information content (AvgIpc) is 3.08. The van der Waals surface area contributed by atoms with Crippen LogP contribution >= 0.6 is 11.3 Å². The van der Waals surface area contributed by atoms with Gasteiger partial charge in [0.2, 0.25) is 0 Å². The number of rotatable bonds is 3. The number of hydrogen-bond acceptors (Lipinski definition) is 7. The van der Waals surface area contributed by atoms with Gasteiger partial charge in [-0.1, -0.05) is 17.4 Å². The van der Waals surface area contributed by atoms with Gasteiger partial charge < -0.3 is 4.42 Å². The molecule has 0 aliphatic carbocycles. The minimum Gasteiger partial charge on any atom is -0.423 e. The topological polar surface area (TPSA) is 94.1 Å². The molecule has 0 amide bonds. The molecule has 2 aromatic carbocycles. The number of thiazole rings is 1. The summed E-state index contributed by atoms with van der Waals surface area (Å²) >= 11 is 1.31. The molecule has 4 rings (SSSR count). The summed E-state index contributed by atoms with van der Waals surface area (Å²) in [6.07, 6.45) is 0. The van der Waals surface area contributed by atoms with E-state index in [4.69, 9.17) is 4.42 Å². The van der Waals surface area contributed by atoms with Crippen LogP contribution in [-0.4, -0.2) is 14.9 Å². The number of aromatic nitrogens is 2. The highest BCUT2D eigenvalue weighted by atomic mass is 32.1. The summed E-state index contributed by atoms with van der Waals surface area (Å²) in [5.41, 5.74) is 3.30. The van der Waals surface area contributed by atoms with Gasteiger partial charge in [0.1, 0.15) is 5.52 Å². The van der Waals surface area contributed by atoms with Crippen LogP contribution in [0.4, 0.5) is 16.8 Å². The number of nitrogens with one attached hydrogen (secondary N) is 1. The summed E-state index contributed by atoms with van der Waals surface area (Å²) in [5, 5.41) is 14.4. The zero-order chi connectivity index (χ0) is 16.0. The van der Waals surface area contributed by atoms with Crippen molar-refractivity contribution in [1.82, 2.24) is 9.97 Å². The fraction of sp³-hybridized carbons (Fsp3) is 0.0667. The molecule has 114 valence electrons. The van der Waals surface area contributed by atoms with Crippen molar-refractivity contribution in [3.8, 4) is 0 Å². The van der Waals surface area contributed by atoms with Crippen LogP contribution in [0.1, 0.15) is 5.56 Å². The Morgan fingerprint density at radius 3 is 2.87 bits per heavy atom. The Kier molecular flexibility index (Phi) is 2.98. The van der Waals surface area contributed by atoms with E-state index in [2.05, 4.69) is 15.3 Å². The number of hydrogen-bond donors (Lipinski definition) is 1. The van der Waals surface area contributed by atoms with E-state index in [1.807, 2.05) is 25.1 Å². The standard InChI is InChI=1S/C15H10N4O3S/c1-8-2-5-12-11(6-8)16-14(22-12)18-15-17-10-4-3-9(19(20)21)7-13(10)23-15/h2-7H,1H3,(H,16,17,18). The summed E-state index contributed by atoms with van der Waals surface area (Å²) in [7, 11) is 0. The molecular weight excluding hydrogens is 316 g/mol. The maximum absolute atomic E-state index is 10.8. The highest BCUT2D eigenvalue weighted by Gasteiger charge is 2.12. The predicted molar refractivity (Wildman–Crippen MR) is 88.3 cm³/mol. The lowest BCUT2D eigenvalue weighted by Gasteiger charge is -1.92. The number of oxazole rings is 1. The predicted octanol–water partition coefficient (Wildman–Crippen LogP) is 4.40. The zero-order valence-electron chi connectivity index (χ0n) is 11.9. The number of fused-ring (bicyclic) bond motifs is 2. The molecule has 0 bridgehead atoms. The normalized spacial score (nSPS) is 11.2. The first-order valence-corrected chi connectivity index (χ1v) is 7.59. The van der Waals surface area contributed by atoms with Gasteiger partial charge in [-0.05, 0) is 30.7 Å². The van der Waals surface area contributed by atoms with Crippen LogP contribution in [0.25, 0.3) is 21.3 Å². The SMILES string of the molecule is Cc1ccc2oc(Nc3nc4ccc([N+](=O)[O-])cc4s3)nc2c1. The molecule has 8 heteroatoms. The molecule has 2 heterocycles. The molecule has 0 saturated heterocycles. The maximum atomic E-state index is 10.8. The summed E-state index contributed by atoms with van der Waals surface area (Å²) in [5.74, 6) is 0. The molecule has 7 nitrogen and oxygen atoms in total. The molecule has 0 aliphatic heterocycles. The Bertz CT molecular complexity index is 1050. The second-order valence-electron chi connectivity index (χ2n) is 5.04. The minimum atomic E-state index is -0.421. The Hall–Kier alpha value is -3.00. The van der Waals surface area contributed by atoms with Crippen LogP contribution < -0.4 is 5.32 Å². The number of aryl methyl sites for hydroxylation is 1. The van der Waals surface area contributed by atoms with Crippen molar-refractivity contribution < 1.29 is 9.34 Å². The largest absolute Gasteiger partial charge is 0.423 e. The van der Waals surface area contributed by atoms with Gasteiger partial charge in [-0.25, -0.2) is 4.98 Å². The monoisotopic (exact) mass is 326 g/mol. The first-order chi connectivity index (χ1) is 11.1. The van der Waals surface area contributed by atoms with Gasteiger partial charge in [0.15, 0.2) is 10.7 Å². The minimum absolute atomic E-state index is 0.0463. The van der Waals surface area contributed by atoms with Crippen molar-refractivity contribution in [1.29, 1.82) is 0 Å². The molecule has 0 aliphatic rings. The third-order valence-corrected chi connectivity index (χ3v) is 4.27. The first kappa shape index (κ1) is 13.6. The summed E-state index contributed by atoms with van der Waals surface area (Å²) in [6.45, 7) is 1.99. The lowest BCUT2D eigenvalue weighted by molar-refractivity contribution is -0.384. The second kappa shape index (κ2) is 5.03. The quantitative estimate of drug-likeness (QED) is 0.443. The van der Waals surface area contributed by atoms with Crippen molar-refractivity contribution in [2.45, 2.75) is 6.92 Å². The molecule has 23 heavy (non-hydrogen) atoms. The van der Waals surface area contributed by atoms with E-state index < -0.39 is 4.92 Å². The van der Waals surface area contributed by atoms with Crippen LogP contribution in [0.3, 0.4) is 0 Å². The Morgan fingerprint density at radius 1 is 1.17 bits per heavy atom. The fourth-order valence-electron chi connectivity index (χ4n) is 2.26. The zero-order valence-corrected chi connectivity index (χ0v) is 12.8. The van der Waals surface area contributed by atoms with Gasteiger partial charge in [-0.3, -0.25) is 15.4 Å². The van der Waals surface area contributed by atoms with Crippen molar-refractivity contribution in [2.75, 3.05) is 5.32 Å². The number of anilines is 2. The van der Waals surface area contributed by atoms with Gasteiger partial charge in [-0.2, -0.15) is 4.98 Å². The van der Waals surface area contributed by atoms with Gasteiger partial charge in [0, 0.05) is 12.1 Å².